The summed E-state index contributed by atoms with van der Waals surface area (Å²) in [6, 6.07) is 7.99. The second kappa shape index (κ2) is 4.28. The fourth-order valence-electron chi connectivity index (χ4n) is 1.36. The Bertz CT molecular complexity index is 431. The molecule has 0 saturated carbocycles. The maximum absolute atomic E-state index is 8.75. The van der Waals surface area contributed by atoms with Crippen LogP contribution in [0.3, 0.4) is 0 Å². The largest absolute Gasteiger partial charge is 0.441 e. The van der Waals surface area contributed by atoms with Gasteiger partial charge in [0.15, 0.2) is 0 Å². The van der Waals surface area contributed by atoms with Crippen molar-refractivity contribution in [2.45, 2.75) is 13.3 Å². The number of oxazole rings is 1. The standard InChI is InChI=1S/C12H13NO2/c1-9-2-4-10(5-3-9)12-13-8-11(15-12)6-7-14/h2-5,8,14H,6-7H2,1H3. The van der Waals surface area contributed by atoms with E-state index in [9.17, 15) is 0 Å². The van der Waals surface area contributed by atoms with Gasteiger partial charge in [0.2, 0.25) is 5.89 Å². The maximum Gasteiger partial charge on any atom is 0.226 e. The Morgan fingerprint density at radius 2 is 2.00 bits per heavy atom. The van der Waals surface area contributed by atoms with Gasteiger partial charge in [0.25, 0.3) is 0 Å². The van der Waals surface area contributed by atoms with Crippen LogP contribution in [-0.2, 0) is 6.42 Å². The minimum absolute atomic E-state index is 0.0858. The van der Waals surface area contributed by atoms with E-state index >= 15 is 0 Å². The molecule has 15 heavy (non-hydrogen) atoms. The molecule has 0 unspecified atom stereocenters. The van der Waals surface area contributed by atoms with Gasteiger partial charge in [0.05, 0.1) is 12.8 Å². The van der Waals surface area contributed by atoms with Crippen LogP contribution in [0.5, 0.6) is 0 Å². The number of hydrogen-bond acceptors (Lipinski definition) is 3. The molecule has 3 nitrogen and oxygen atoms in total. The summed E-state index contributed by atoms with van der Waals surface area (Å²) in [6.07, 6.45) is 2.17. The van der Waals surface area contributed by atoms with E-state index < -0.39 is 0 Å². The van der Waals surface area contributed by atoms with Gasteiger partial charge in [-0.15, -0.1) is 0 Å². The predicted octanol–water partition coefficient (Wildman–Crippen LogP) is 2.18. The number of aliphatic hydroxyl groups excluding tert-OH is 1. The highest BCUT2D eigenvalue weighted by atomic mass is 16.4. The Morgan fingerprint density at radius 3 is 2.67 bits per heavy atom. The average Bonchev–Trinajstić information content (AvgIpc) is 2.68. The third kappa shape index (κ3) is 2.25. The van der Waals surface area contributed by atoms with Crippen LogP contribution in [0.4, 0.5) is 0 Å². The van der Waals surface area contributed by atoms with Crippen LogP contribution in [-0.4, -0.2) is 16.7 Å². The van der Waals surface area contributed by atoms with E-state index in [0.29, 0.717) is 18.1 Å². The monoisotopic (exact) mass is 203 g/mol. The predicted molar refractivity (Wildman–Crippen MR) is 57.5 cm³/mol. The number of rotatable bonds is 3. The van der Waals surface area contributed by atoms with Crippen LogP contribution in [0.1, 0.15) is 11.3 Å². The van der Waals surface area contributed by atoms with E-state index in [1.54, 1.807) is 6.20 Å². The van der Waals surface area contributed by atoms with Gasteiger partial charge in [-0.05, 0) is 19.1 Å². The number of benzene rings is 1. The quantitative estimate of drug-likeness (QED) is 0.831. The van der Waals surface area contributed by atoms with Crippen molar-refractivity contribution in [2.24, 2.45) is 0 Å². The molecule has 0 bridgehead atoms. The van der Waals surface area contributed by atoms with E-state index in [1.807, 2.05) is 31.2 Å². The van der Waals surface area contributed by atoms with Crippen molar-refractivity contribution in [1.29, 1.82) is 0 Å². The minimum atomic E-state index is 0.0858. The number of hydrogen-bond donors (Lipinski definition) is 1. The van der Waals surface area contributed by atoms with E-state index in [2.05, 4.69) is 4.98 Å². The summed E-state index contributed by atoms with van der Waals surface area (Å²) in [6.45, 7) is 2.12. The molecule has 0 fully saturated rings. The van der Waals surface area contributed by atoms with Gasteiger partial charge in [0.1, 0.15) is 5.76 Å². The molecular weight excluding hydrogens is 190 g/mol. The Labute approximate surface area is 88.4 Å². The Morgan fingerprint density at radius 1 is 1.27 bits per heavy atom. The van der Waals surface area contributed by atoms with Gasteiger partial charge < -0.3 is 9.52 Å². The lowest BCUT2D eigenvalue weighted by Crippen LogP contribution is -1.86. The van der Waals surface area contributed by atoms with Crippen molar-refractivity contribution >= 4 is 0 Å². The van der Waals surface area contributed by atoms with Gasteiger partial charge in [-0.1, -0.05) is 17.7 Å². The molecule has 0 saturated heterocycles. The zero-order valence-corrected chi connectivity index (χ0v) is 8.60. The summed E-state index contributed by atoms with van der Waals surface area (Å²) >= 11 is 0. The van der Waals surface area contributed by atoms with Crippen LogP contribution in [0, 0.1) is 6.92 Å². The van der Waals surface area contributed by atoms with Gasteiger partial charge >= 0.3 is 0 Å². The van der Waals surface area contributed by atoms with Crippen LogP contribution in [0.15, 0.2) is 34.9 Å². The van der Waals surface area contributed by atoms with Crippen molar-refractivity contribution in [1.82, 2.24) is 4.98 Å². The molecule has 0 aliphatic carbocycles. The van der Waals surface area contributed by atoms with E-state index in [1.165, 1.54) is 5.56 Å². The Balaban J connectivity index is 2.25. The van der Waals surface area contributed by atoms with Crippen molar-refractivity contribution < 1.29 is 9.52 Å². The highest BCUT2D eigenvalue weighted by Gasteiger charge is 2.05. The molecule has 0 aliphatic heterocycles. The number of aliphatic hydroxyl groups is 1. The number of aryl methyl sites for hydroxylation is 1. The van der Waals surface area contributed by atoms with Crippen molar-refractivity contribution in [3.05, 3.63) is 41.8 Å². The Hall–Kier alpha value is -1.61. The highest BCUT2D eigenvalue weighted by molar-refractivity contribution is 5.53. The van der Waals surface area contributed by atoms with E-state index in [0.717, 1.165) is 5.56 Å². The summed E-state index contributed by atoms with van der Waals surface area (Å²) in [5, 5.41) is 8.75. The zero-order valence-electron chi connectivity index (χ0n) is 8.60. The molecule has 2 rings (SSSR count). The van der Waals surface area contributed by atoms with Gasteiger partial charge in [-0.3, -0.25) is 0 Å². The minimum Gasteiger partial charge on any atom is -0.441 e. The first-order chi connectivity index (χ1) is 7.29. The van der Waals surface area contributed by atoms with Gasteiger partial charge in [-0.25, -0.2) is 4.98 Å². The first-order valence-corrected chi connectivity index (χ1v) is 4.92. The molecule has 0 amide bonds. The first-order valence-electron chi connectivity index (χ1n) is 4.92. The molecular formula is C12H13NO2. The molecule has 78 valence electrons. The van der Waals surface area contributed by atoms with Gasteiger partial charge in [-0.2, -0.15) is 0 Å². The lowest BCUT2D eigenvalue weighted by molar-refractivity contribution is 0.288. The normalized spacial score (nSPS) is 10.5. The fourth-order valence-corrected chi connectivity index (χ4v) is 1.36. The molecule has 2 aromatic rings. The zero-order chi connectivity index (χ0) is 10.7. The fraction of sp³-hybridized carbons (Fsp3) is 0.250. The topological polar surface area (TPSA) is 46.3 Å². The molecule has 1 aromatic heterocycles. The molecule has 1 heterocycles. The number of aromatic nitrogens is 1. The van der Waals surface area contributed by atoms with E-state index in [4.69, 9.17) is 9.52 Å². The number of nitrogens with zero attached hydrogens (tertiary/aromatic N) is 1. The summed E-state index contributed by atoms with van der Waals surface area (Å²) in [4.78, 5) is 4.16. The summed E-state index contributed by atoms with van der Waals surface area (Å²) in [5.41, 5.74) is 2.17. The Kier molecular flexibility index (Phi) is 2.83. The lowest BCUT2D eigenvalue weighted by atomic mass is 10.1. The second-order valence-electron chi connectivity index (χ2n) is 3.47. The molecule has 0 spiro atoms. The van der Waals surface area contributed by atoms with E-state index in [-0.39, 0.29) is 6.61 Å². The highest BCUT2D eigenvalue weighted by Crippen LogP contribution is 2.19. The summed E-state index contributed by atoms with van der Waals surface area (Å²) < 4.78 is 5.48. The van der Waals surface area contributed by atoms with Crippen LogP contribution in [0.25, 0.3) is 11.5 Å². The van der Waals surface area contributed by atoms with Crippen LogP contribution in [0.2, 0.25) is 0 Å². The molecule has 0 aliphatic rings. The molecule has 0 radical (unpaired) electrons. The molecule has 1 aromatic carbocycles. The molecule has 1 N–H and O–H groups in total. The van der Waals surface area contributed by atoms with Crippen molar-refractivity contribution in [3.63, 3.8) is 0 Å². The van der Waals surface area contributed by atoms with Gasteiger partial charge in [0, 0.05) is 12.0 Å². The second-order valence-corrected chi connectivity index (χ2v) is 3.47. The molecule has 0 atom stereocenters. The first kappa shape index (κ1) is 9.93. The average molecular weight is 203 g/mol. The van der Waals surface area contributed by atoms with Crippen molar-refractivity contribution in [2.75, 3.05) is 6.61 Å². The summed E-state index contributed by atoms with van der Waals surface area (Å²) in [7, 11) is 0. The lowest BCUT2D eigenvalue weighted by Gasteiger charge is -1.96. The summed E-state index contributed by atoms with van der Waals surface area (Å²) in [5.74, 6) is 1.33. The maximum atomic E-state index is 8.75. The van der Waals surface area contributed by atoms with Crippen LogP contribution < -0.4 is 0 Å². The SMILES string of the molecule is Cc1ccc(-c2ncc(CCO)o2)cc1. The smallest absolute Gasteiger partial charge is 0.226 e. The molecule has 3 heteroatoms. The third-order valence-corrected chi connectivity index (χ3v) is 2.21. The van der Waals surface area contributed by atoms with Crippen LogP contribution >= 0.6 is 0 Å². The third-order valence-electron chi connectivity index (χ3n) is 2.21. The van der Waals surface area contributed by atoms with Crippen molar-refractivity contribution in [3.8, 4) is 11.5 Å².